The summed E-state index contributed by atoms with van der Waals surface area (Å²) in [7, 11) is 3.27. The highest BCUT2D eigenvalue weighted by Crippen LogP contribution is 2.37. The molecule has 0 radical (unpaired) electrons. The maximum Gasteiger partial charge on any atom is 0.161 e. The summed E-state index contributed by atoms with van der Waals surface area (Å²) in [4.78, 5) is 6.65. The Bertz CT molecular complexity index is 961. The van der Waals surface area contributed by atoms with E-state index in [9.17, 15) is 0 Å². The van der Waals surface area contributed by atoms with Crippen molar-refractivity contribution in [3.63, 3.8) is 0 Å². The molecule has 0 atom stereocenters. The predicted octanol–water partition coefficient (Wildman–Crippen LogP) is 4.26. The molecule has 6 heteroatoms. The van der Waals surface area contributed by atoms with E-state index in [0.29, 0.717) is 11.8 Å². The largest absolute Gasteiger partial charge is 0.493 e. The number of benzene rings is 2. The fourth-order valence-electron chi connectivity index (χ4n) is 3.29. The van der Waals surface area contributed by atoms with Gasteiger partial charge in [-0.15, -0.1) is 0 Å². The molecule has 0 saturated carbocycles. The molecule has 2 aromatic carbocycles. The molecule has 3 aromatic rings. The minimum Gasteiger partial charge on any atom is -0.493 e. The lowest BCUT2D eigenvalue weighted by Crippen LogP contribution is -2.31. The molecule has 0 aliphatic carbocycles. The summed E-state index contributed by atoms with van der Waals surface area (Å²) in [5.74, 6) is 2.27. The quantitative estimate of drug-likeness (QED) is 0.686. The monoisotopic (exact) mass is 370 g/mol. The SMILES string of the molecule is COc1ccc(CN2COc3c(cc(Cl)c4cccnc34)C2)cc1OC. The molecule has 1 aliphatic heterocycles. The second kappa shape index (κ2) is 7.02. The van der Waals surface area contributed by atoms with E-state index in [1.54, 1.807) is 20.4 Å². The van der Waals surface area contributed by atoms with Crippen molar-refractivity contribution < 1.29 is 14.2 Å². The van der Waals surface area contributed by atoms with Crippen molar-refractivity contribution in [3.8, 4) is 17.2 Å². The number of pyridine rings is 1. The molecule has 0 unspecified atom stereocenters. The van der Waals surface area contributed by atoms with E-state index < -0.39 is 0 Å². The summed E-state index contributed by atoms with van der Waals surface area (Å²) in [5, 5.41) is 1.62. The molecule has 0 N–H and O–H groups in total. The molecular formula is C20H19ClN2O3. The molecule has 0 spiro atoms. The number of nitrogens with zero attached hydrogens (tertiary/aromatic N) is 2. The number of methoxy groups -OCH3 is 2. The van der Waals surface area contributed by atoms with Gasteiger partial charge in [-0.25, -0.2) is 0 Å². The average molecular weight is 371 g/mol. The number of fused-ring (bicyclic) bond motifs is 3. The van der Waals surface area contributed by atoms with E-state index in [1.165, 1.54) is 0 Å². The van der Waals surface area contributed by atoms with Crippen molar-refractivity contribution in [2.75, 3.05) is 21.0 Å². The topological polar surface area (TPSA) is 43.8 Å². The second-order valence-electron chi connectivity index (χ2n) is 6.20. The van der Waals surface area contributed by atoms with Crippen LogP contribution in [0.25, 0.3) is 10.9 Å². The molecule has 0 fully saturated rings. The van der Waals surface area contributed by atoms with Crippen LogP contribution in [0.5, 0.6) is 17.2 Å². The average Bonchev–Trinajstić information content (AvgIpc) is 2.68. The van der Waals surface area contributed by atoms with E-state index in [0.717, 1.165) is 52.4 Å². The van der Waals surface area contributed by atoms with Crippen LogP contribution >= 0.6 is 11.6 Å². The van der Waals surface area contributed by atoms with Crippen LogP contribution in [0.4, 0.5) is 0 Å². The van der Waals surface area contributed by atoms with E-state index in [4.69, 9.17) is 25.8 Å². The van der Waals surface area contributed by atoms with Gasteiger partial charge in [-0.1, -0.05) is 17.7 Å². The highest BCUT2D eigenvalue weighted by atomic mass is 35.5. The van der Waals surface area contributed by atoms with Crippen molar-refractivity contribution in [1.82, 2.24) is 9.88 Å². The van der Waals surface area contributed by atoms with Crippen LogP contribution < -0.4 is 14.2 Å². The Morgan fingerprint density at radius 2 is 2.00 bits per heavy atom. The van der Waals surface area contributed by atoms with Gasteiger partial charge in [0.15, 0.2) is 17.2 Å². The zero-order valence-corrected chi connectivity index (χ0v) is 15.4. The van der Waals surface area contributed by atoms with Crippen LogP contribution in [-0.4, -0.2) is 30.8 Å². The van der Waals surface area contributed by atoms with Gasteiger partial charge >= 0.3 is 0 Å². The molecule has 26 heavy (non-hydrogen) atoms. The number of hydrogen-bond acceptors (Lipinski definition) is 5. The minimum atomic E-state index is 0.495. The fourth-order valence-corrected chi connectivity index (χ4v) is 3.57. The summed E-state index contributed by atoms with van der Waals surface area (Å²) in [6.07, 6.45) is 1.76. The van der Waals surface area contributed by atoms with Crippen LogP contribution in [0, 0.1) is 0 Å². The number of hydrogen-bond donors (Lipinski definition) is 0. The van der Waals surface area contributed by atoms with Crippen LogP contribution in [0.3, 0.4) is 0 Å². The molecule has 0 amide bonds. The van der Waals surface area contributed by atoms with Crippen molar-refractivity contribution in [2.24, 2.45) is 0 Å². The molecule has 1 aromatic heterocycles. The standard InChI is InChI=1S/C20H19ClN2O3/c1-24-17-6-5-13(8-18(17)25-2)10-23-11-14-9-16(21)15-4-3-7-22-19(15)20(14)26-12-23/h3-9H,10-12H2,1-2H3. The Hall–Kier alpha value is -2.50. The lowest BCUT2D eigenvalue weighted by Gasteiger charge is -2.30. The van der Waals surface area contributed by atoms with Crippen molar-refractivity contribution in [1.29, 1.82) is 0 Å². The van der Waals surface area contributed by atoms with Gasteiger partial charge in [-0.2, -0.15) is 0 Å². The highest BCUT2D eigenvalue weighted by molar-refractivity contribution is 6.35. The molecule has 2 heterocycles. The summed E-state index contributed by atoms with van der Waals surface area (Å²) >= 11 is 6.43. The van der Waals surface area contributed by atoms with E-state index in [2.05, 4.69) is 9.88 Å². The minimum absolute atomic E-state index is 0.495. The predicted molar refractivity (Wildman–Crippen MR) is 101 cm³/mol. The first-order chi connectivity index (χ1) is 12.7. The van der Waals surface area contributed by atoms with Crippen molar-refractivity contribution >= 4 is 22.5 Å². The van der Waals surface area contributed by atoms with Crippen LogP contribution in [0.15, 0.2) is 42.6 Å². The molecule has 4 rings (SSSR count). The first-order valence-electron chi connectivity index (χ1n) is 8.31. The van der Waals surface area contributed by atoms with Crippen LogP contribution in [-0.2, 0) is 13.1 Å². The Morgan fingerprint density at radius 1 is 1.15 bits per heavy atom. The van der Waals surface area contributed by atoms with Crippen LogP contribution in [0.2, 0.25) is 5.02 Å². The maximum atomic E-state index is 6.43. The van der Waals surface area contributed by atoms with E-state index >= 15 is 0 Å². The van der Waals surface area contributed by atoms with Gasteiger partial charge in [-0.05, 0) is 35.9 Å². The number of ether oxygens (including phenoxy) is 3. The molecule has 1 aliphatic rings. The second-order valence-corrected chi connectivity index (χ2v) is 6.60. The van der Waals surface area contributed by atoms with E-state index in [-0.39, 0.29) is 0 Å². The fraction of sp³-hybridized carbons (Fsp3) is 0.250. The lowest BCUT2D eigenvalue weighted by molar-refractivity contribution is 0.0901. The molecule has 0 bridgehead atoms. The van der Waals surface area contributed by atoms with Gasteiger partial charge in [0.1, 0.15) is 12.2 Å². The number of rotatable bonds is 4. The molecule has 134 valence electrons. The number of halogens is 1. The van der Waals surface area contributed by atoms with Gasteiger partial charge in [0.05, 0.1) is 19.2 Å². The van der Waals surface area contributed by atoms with Gasteiger partial charge in [0.2, 0.25) is 0 Å². The summed E-state index contributed by atoms with van der Waals surface area (Å²) in [5.41, 5.74) is 2.99. The van der Waals surface area contributed by atoms with E-state index in [1.807, 2.05) is 36.4 Å². The van der Waals surface area contributed by atoms with Gasteiger partial charge in [0.25, 0.3) is 0 Å². The van der Waals surface area contributed by atoms with Crippen molar-refractivity contribution in [3.05, 3.63) is 58.7 Å². The first kappa shape index (κ1) is 16.9. The Kier molecular flexibility index (Phi) is 4.57. The zero-order chi connectivity index (χ0) is 18.1. The summed E-state index contributed by atoms with van der Waals surface area (Å²) in [6.45, 7) is 1.97. The zero-order valence-electron chi connectivity index (χ0n) is 14.7. The summed E-state index contributed by atoms with van der Waals surface area (Å²) < 4.78 is 16.7. The summed E-state index contributed by atoms with van der Waals surface area (Å²) in [6, 6.07) is 11.8. The molecular weight excluding hydrogens is 352 g/mol. The van der Waals surface area contributed by atoms with Gasteiger partial charge in [-0.3, -0.25) is 9.88 Å². The van der Waals surface area contributed by atoms with Gasteiger partial charge < -0.3 is 14.2 Å². The Balaban J connectivity index is 1.59. The Labute approximate surface area is 157 Å². The smallest absolute Gasteiger partial charge is 0.161 e. The maximum absolute atomic E-state index is 6.43. The third-order valence-corrected chi connectivity index (χ3v) is 4.82. The number of aromatic nitrogens is 1. The van der Waals surface area contributed by atoms with Gasteiger partial charge in [0, 0.05) is 30.2 Å². The normalized spacial score (nSPS) is 14.0. The lowest BCUT2D eigenvalue weighted by atomic mass is 10.1. The van der Waals surface area contributed by atoms with Crippen molar-refractivity contribution in [2.45, 2.75) is 13.1 Å². The molecule has 0 saturated heterocycles. The highest BCUT2D eigenvalue weighted by Gasteiger charge is 2.22. The molecule has 5 nitrogen and oxygen atoms in total. The first-order valence-corrected chi connectivity index (χ1v) is 8.69. The third kappa shape index (κ3) is 3.04. The van der Waals surface area contributed by atoms with Crippen LogP contribution in [0.1, 0.15) is 11.1 Å². The Morgan fingerprint density at radius 3 is 2.81 bits per heavy atom. The third-order valence-electron chi connectivity index (χ3n) is 4.51.